The van der Waals surface area contributed by atoms with Gasteiger partial charge in [-0.3, -0.25) is 0 Å². The Morgan fingerprint density at radius 3 is 2.94 bits per heavy atom. The molecule has 1 aromatic carbocycles. The van der Waals surface area contributed by atoms with E-state index in [1.165, 1.54) is 22.5 Å². The van der Waals surface area contributed by atoms with Gasteiger partial charge in [-0.1, -0.05) is 18.2 Å². The number of benzene rings is 1. The summed E-state index contributed by atoms with van der Waals surface area (Å²) in [5, 5.41) is 12.3. The van der Waals surface area contributed by atoms with Crippen LogP contribution in [0.25, 0.3) is 0 Å². The van der Waals surface area contributed by atoms with E-state index in [0.717, 1.165) is 16.2 Å². The molecule has 0 bridgehead atoms. The van der Waals surface area contributed by atoms with Gasteiger partial charge < -0.3 is 14.6 Å². The van der Waals surface area contributed by atoms with Crippen molar-refractivity contribution in [2.75, 3.05) is 7.11 Å². The van der Waals surface area contributed by atoms with Crippen LogP contribution < -0.4 is 4.74 Å². The highest BCUT2D eigenvalue weighted by Crippen LogP contribution is 2.35. The summed E-state index contributed by atoms with van der Waals surface area (Å²) in [7, 11) is 1.62. The quantitative estimate of drug-likeness (QED) is 0.924. The molecule has 1 aromatic heterocycles. The second-order valence-corrected chi connectivity index (χ2v) is 5.22. The fourth-order valence-corrected chi connectivity index (χ4v) is 3.06. The molecular weight excluding hydrogens is 248 g/mol. The van der Waals surface area contributed by atoms with Crippen molar-refractivity contribution in [2.24, 2.45) is 0 Å². The molecule has 2 heterocycles. The first kappa shape index (κ1) is 11.7. The van der Waals surface area contributed by atoms with Gasteiger partial charge in [0.05, 0.1) is 25.2 Å². The fraction of sp³-hybridized carbons (Fsp3) is 0.286. The summed E-state index contributed by atoms with van der Waals surface area (Å²) in [6.45, 7) is 1.31. The lowest BCUT2D eigenvalue weighted by Crippen LogP contribution is -2.00. The van der Waals surface area contributed by atoms with Crippen molar-refractivity contribution in [2.45, 2.75) is 19.3 Å². The normalized spacial score (nSPS) is 15.4. The third-order valence-corrected chi connectivity index (χ3v) is 4.14. The van der Waals surface area contributed by atoms with E-state index in [1.54, 1.807) is 7.11 Å². The van der Waals surface area contributed by atoms with Crippen molar-refractivity contribution < 1.29 is 14.6 Å². The maximum atomic E-state index is 10.4. The van der Waals surface area contributed by atoms with Crippen LogP contribution in [0, 0.1) is 0 Å². The van der Waals surface area contributed by atoms with Crippen LogP contribution in [0.2, 0.25) is 0 Å². The monoisotopic (exact) mass is 262 g/mol. The van der Waals surface area contributed by atoms with Crippen molar-refractivity contribution in [3.63, 3.8) is 0 Å². The topological polar surface area (TPSA) is 38.7 Å². The molecule has 0 spiro atoms. The predicted octanol–water partition coefficient (Wildman–Crippen LogP) is 2.87. The predicted molar refractivity (Wildman–Crippen MR) is 69.9 cm³/mol. The van der Waals surface area contributed by atoms with E-state index in [9.17, 15) is 5.11 Å². The Labute approximate surface area is 110 Å². The van der Waals surface area contributed by atoms with Crippen LogP contribution in [-0.2, 0) is 18.0 Å². The minimum atomic E-state index is -0.633. The van der Waals surface area contributed by atoms with Crippen LogP contribution >= 0.6 is 11.3 Å². The molecule has 4 heteroatoms. The summed E-state index contributed by atoms with van der Waals surface area (Å²) in [6.07, 6.45) is -0.633. The van der Waals surface area contributed by atoms with Crippen molar-refractivity contribution in [3.05, 3.63) is 51.2 Å². The summed E-state index contributed by atoms with van der Waals surface area (Å²) < 4.78 is 10.6. The molecule has 0 radical (unpaired) electrons. The lowest BCUT2D eigenvalue weighted by atomic mass is 10.0. The molecule has 1 aliphatic heterocycles. The highest BCUT2D eigenvalue weighted by molar-refractivity contribution is 7.10. The van der Waals surface area contributed by atoms with E-state index >= 15 is 0 Å². The number of hydrogen-bond donors (Lipinski definition) is 1. The van der Waals surface area contributed by atoms with Crippen molar-refractivity contribution in [1.82, 2.24) is 0 Å². The van der Waals surface area contributed by atoms with E-state index in [-0.39, 0.29) is 0 Å². The Kier molecular flexibility index (Phi) is 3.07. The van der Waals surface area contributed by atoms with Crippen molar-refractivity contribution >= 4 is 11.3 Å². The third kappa shape index (κ3) is 1.92. The highest BCUT2D eigenvalue weighted by atomic mass is 32.1. The van der Waals surface area contributed by atoms with Crippen LogP contribution in [0.5, 0.6) is 5.75 Å². The Morgan fingerprint density at radius 1 is 1.28 bits per heavy atom. The largest absolute Gasteiger partial charge is 0.495 e. The average molecular weight is 262 g/mol. The number of aliphatic hydroxyl groups is 1. The zero-order valence-electron chi connectivity index (χ0n) is 10.1. The Hall–Kier alpha value is -1.36. The third-order valence-electron chi connectivity index (χ3n) is 3.19. The van der Waals surface area contributed by atoms with E-state index in [0.29, 0.717) is 13.2 Å². The summed E-state index contributed by atoms with van der Waals surface area (Å²) in [4.78, 5) is 0.844. The number of thiophene rings is 1. The number of fused-ring (bicyclic) bond motifs is 1. The van der Waals surface area contributed by atoms with Gasteiger partial charge in [0.15, 0.2) is 0 Å². The van der Waals surface area contributed by atoms with Gasteiger partial charge in [0.1, 0.15) is 11.9 Å². The maximum absolute atomic E-state index is 10.4. The molecule has 0 saturated carbocycles. The van der Waals surface area contributed by atoms with Crippen LogP contribution in [-0.4, -0.2) is 12.2 Å². The summed E-state index contributed by atoms with van der Waals surface area (Å²) in [5.74, 6) is 0.740. The van der Waals surface area contributed by atoms with Gasteiger partial charge in [-0.25, -0.2) is 0 Å². The first-order valence-corrected chi connectivity index (χ1v) is 6.66. The standard InChI is InChI=1S/C14H14O3S/c1-16-12-4-5-18-14(12)13(15)9-2-3-10-7-17-8-11(10)6-9/h2-6,13,15H,7-8H2,1H3. The molecular formula is C14H14O3S. The fourth-order valence-electron chi connectivity index (χ4n) is 2.19. The number of rotatable bonds is 3. The van der Waals surface area contributed by atoms with E-state index < -0.39 is 6.10 Å². The van der Waals surface area contributed by atoms with Gasteiger partial charge in [-0.15, -0.1) is 11.3 Å². The van der Waals surface area contributed by atoms with Gasteiger partial charge in [-0.2, -0.15) is 0 Å². The zero-order valence-corrected chi connectivity index (χ0v) is 10.9. The molecule has 1 unspecified atom stereocenters. The van der Waals surface area contributed by atoms with E-state index in [2.05, 4.69) is 0 Å². The molecule has 0 fully saturated rings. The van der Waals surface area contributed by atoms with Gasteiger partial charge in [0.25, 0.3) is 0 Å². The van der Waals surface area contributed by atoms with E-state index in [1.807, 2.05) is 29.6 Å². The first-order valence-electron chi connectivity index (χ1n) is 5.78. The van der Waals surface area contributed by atoms with Crippen LogP contribution in [0.4, 0.5) is 0 Å². The maximum Gasteiger partial charge on any atom is 0.135 e. The SMILES string of the molecule is COc1ccsc1C(O)c1ccc2c(c1)COC2. The van der Waals surface area contributed by atoms with Crippen LogP contribution in [0.15, 0.2) is 29.6 Å². The Balaban J connectivity index is 1.95. The zero-order chi connectivity index (χ0) is 12.5. The molecule has 0 saturated heterocycles. The number of ether oxygens (including phenoxy) is 2. The van der Waals surface area contributed by atoms with Crippen LogP contribution in [0.3, 0.4) is 0 Å². The minimum absolute atomic E-state index is 0.633. The first-order chi connectivity index (χ1) is 8.79. The lowest BCUT2D eigenvalue weighted by Gasteiger charge is -2.12. The van der Waals surface area contributed by atoms with Gasteiger partial charge in [-0.05, 0) is 28.1 Å². The molecule has 0 amide bonds. The molecule has 1 N–H and O–H groups in total. The second-order valence-electron chi connectivity index (χ2n) is 4.28. The van der Waals surface area contributed by atoms with Gasteiger partial charge in [0, 0.05) is 0 Å². The van der Waals surface area contributed by atoms with Crippen molar-refractivity contribution in [1.29, 1.82) is 0 Å². The molecule has 3 rings (SSSR count). The number of methoxy groups -OCH3 is 1. The summed E-state index contributed by atoms with van der Waals surface area (Å²) in [6, 6.07) is 7.88. The van der Waals surface area contributed by atoms with Crippen LogP contribution in [0.1, 0.15) is 27.7 Å². The highest BCUT2D eigenvalue weighted by Gasteiger charge is 2.19. The average Bonchev–Trinajstić information content (AvgIpc) is 3.05. The second kappa shape index (κ2) is 4.72. The molecule has 1 atom stereocenters. The summed E-state index contributed by atoms with van der Waals surface area (Å²) in [5.41, 5.74) is 3.27. The number of hydrogen-bond acceptors (Lipinski definition) is 4. The lowest BCUT2D eigenvalue weighted by molar-refractivity contribution is 0.134. The Bertz CT molecular complexity index is 562. The molecule has 3 nitrogen and oxygen atoms in total. The number of aliphatic hydroxyl groups excluding tert-OH is 1. The molecule has 94 valence electrons. The molecule has 1 aliphatic rings. The van der Waals surface area contributed by atoms with Gasteiger partial charge in [0.2, 0.25) is 0 Å². The van der Waals surface area contributed by atoms with Crippen molar-refractivity contribution in [3.8, 4) is 5.75 Å². The Morgan fingerprint density at radius 2 is 2.11 bits per heavy atom. The molecule has 18 heavy (non-hydrogen) atoms. The minimum Gasteiger partial charge on any atom is -0.495 e. The van der Waals surface area contributed by atoms with E-state index in [4.69, 9.17) is 9.47 Å². The smallest absolute Gasteiger partial charge is 0.135 e. The molecule has 0 aliphatic carbocycles. The molecule has 2 aromatic rings. The summed E-state index contributed by atoms with van der Waals surface area (Å²) >= 11 is 1.50. The van der Waals surface area contributed by atoms with Gasteiger partial charge >= 0.3 is 0 Å².